The summed E-state index contributed by atoms with van der Waals surface area (Å²) < 4.78 is 11.4. The average molecular weight is 312 g/mol. The van der Waals surface area contributed by atoms with Crippen molar-refractivity contribution in [3.05, 3.63) is 28.8 Å². The largest absolute Gasteiger partial charge is 0.481 e. The fourth-order valence-corrected chi connectivity index (χ4v) is 2.68. The summed E-state index contributed by atoms with van der Waals surface area (Å²) in [7, 11) is 0. The minimum atomic E-state index is -0.525. The fourth-order valence-electron chi connectivity index (χ4n) is 2.56. The Morgan fingerprint density at radius 1 is 1.38 bits per heavy atom. The van der Waals surface area contributed by atoms with Gasteiger partial charge in [-0.05, 0) is 51.5 Å². The minimum Gasteiger partial charge on any atom is -0.481 e. The molecule has 0 N–H and O–H groups in total. The van der Waals surface area contributed by atoms with E-state index in [-0.39, 0.29) is 18.1 Å². The number of halogens is 1. The number of nitrogens with zero attached hydrogens (tertiary/aromatic N) is 1. The van der Waals surface area contributed by atoms with E-state index < -0.39 is 6.10 Å². The van der Waals surface area contributed by atoms with E-state index in [1.807, 2.05) is 31.7 Å². The van der Waals surface area contributed by atoms with Crippen LogP contribution in [0.25, 0.3) is 0 Å². The quantitative estimate of drug-likeness (QED) is 0.861. The van der Waals surface area contributed by atoms with Gasteiger partial charge in [-0.2, -0.15) is 0 Å². The zero-order chi connectivity index (χ0) is 15.6. The zero-order valence-electron chi connectivity index (χ0n) is 12.9. The van der Waals surface area contributed by atoms with Gasteiger partial charge in [0.25, 0.3) is 5.91 Å². The van der Waals surface area contributed by atoms with Gasteiger partial charge < -0.3 is 14.4 Å². The van der Waals surface area contributed by atoms with Gasteiger partial charge in [-0.1, -0.05) is 11.6 Å². The van der Waals surface area contributed by atoms with Crippen LogP contribution in [0.15, 0.2) is 18.2 Å². The first kappa shape index (κ1) is 16.1. The van der Waals surface area contributed by atoms with Crippen molar-refractivity contribution in [3.63, 3.8) is 0 Å². The lowest BCUT2D eigenvalue weighted by Gasteiger charge is -2.36. The van der Waals surface area contributed by atoms with Crippen LogP contribution in [0.2, 0.25) is 5.02 Å². The monoisotopic (exact) mass is 311 g/mol. The molecule has 0 spiro atoms. The molecule has 3 atom stereocenters. The third-order valence-corrected chi connectivity index (χ3v) is 3.95. The van der Waals surface area contributed by atoms with Crippen molar-refractivity contribution in [1.29, 1.82) is 0 Å². The van der Waals surface area contributed by atoms with Gasteiger partial charge in [0.15, 0.2) is 6.10 Å². The van der Waals surface area contributed by atoms with Gasteiger partial charge in [-0.15, -0.1) is 0 Å². The molecule has 1 aromatic rings. The number of carbonyl (C=O) groups is 1. The molecule has 1 saturated heterocycles. The number of aryl methyl sites for hydroxylation is 1. The molecule has 2 rings (SSSR count). The Morgan fingerprint density at radius 3 is 2.57 bits per heavy atom. The van der Waals surface area contributed by atoms with Crippen molar-refractivity contribution >= 4 is 17.5 Å². The van der Waals surface area contributed by atoms with Gasteiger partial charge in [-0.3, -0.25) is 4.79 Å². The summed E-state index contributed by atoms with van der Waals surface area (Å²) in [6.45, 7) is 8.85. The lowest BCUT2D eigenvalue weighted by molar-refractivity contribution is -0.149. The van der Waals surface area contributed by atoms with Crippen molar-refractivity contribution in [2.45, 2.75) is 46.0 Å². The predicted octanol–water partition coefficient (Wildman–Crippen LogP) is 3.05. The van der Waals surface area contributed by atoms with Crippen LogP contribution in [0.1, 0.15) is 26.3 Å². The van der Waals surface area contributed by atoms with Crippen molar-refractivity contribution in [2.75, 3.05) is 13.1 Å². The molecule has 4 nitrogen and oxygen atoms in total. The third-order valence-electron chi connectivity index (χ3n) is 3.52. The predicted molar refractivity (Wildman–Crippen MR) is 82.9 cm³/mol. The van der Waals surface area contributed by atoms with Gasteiger partial charge in [0.2, 0.25) is 0 Å². The van der Waals surface area contributed by atoms with E-state index in [9.17, 15) is 4.79 Å². The highest BCUT2D eigenvalue weighted by molar-refractivity contribution is 6.31. The Morgan fingerprint density at radius 2 is 2.00 bits per heavy atom. The molecule has 0 bridgehead atoms. The number of hydrogen-bond donors (Lipinski definition) is 0. The van der Waals surface area contributed by atoms with Crippen LogP contribution in [-0.4, -0.2) is 42.2 Å². The van der Waals surface area contributed by atoms with E-state index in [1.165, 1.54) is 0 Å². The first-order valence-corrected chi connectivity index (χ1v) is 7.61. The molecular weight excluding hydrogens is 290 g/mol. The summed E-state index contributed by atoms with van der Waals surface area (Å²) in [6.07, 6.45) is -0.409. The molecule has 1 fully saturated rings. The van der Waals surface area contributed by atoms with E-state index in [0.717, 1.165) is 5.56 Å². The Balaban J connectivity index is 2.00. The van der Waals surface area contributed by atoms with E-state index in [4.69, 9.17) is 21.1 Å². The molecule has 0 radical (unpaired) electrons. The van der Waals surface area contributed by atoms with Crippen molar-refractivity contribution in [2.24, 2.45) is 0 Å². The highest BCUT2D eigenvalue weighted by Gasteiger charge is 2.29. The molecule has 1 aliphatic heterocycles. The SMILES string of the molecule is Cc1cc(O[C@@H](C)C(=O)N2C[C@H](C)O[C@@H](C)C2)ccc1Cl. The maximum Gasteiger partial charge on any atom is 0.263 e. The second kappa shape index (κ2) is 6.67. The van der Waals surface area contributed by atoms with Crippen LogP contribution in [0, 0.1) is 6.92 Å². The van der Waals surface area contributed by atoms with E-state index in [2.05, 4.69) is 0 Å². The van der Waals surface area contributed by atoms with Crippen LogP contribution in [0.3, 0.4) is 0 Å². The Bertz CT molecular complexity index is 510. The maximum atomic E-state index is 12.5. The topological polar surface area (TPSA) is 38.8 Å². The highest BCUT2D eigenvalue weighted by atomic mass is 35.5. The lowest BCUT2D eigenvalue weighted by Crippen LogP contribution is -2.51. The van der Waals surface area contributed by atoms with Crippen LogP contribution < -0.4 is 4.74 Å². The molecule has 1 amide bonds. The smallest absolute Gasteiger partial charge is 0.263 e. The third kappa shape index (κ3) is 4.11. The zero-order valence-corrected chi connectivity index (χ0v) is 13.7. The van der Waals surface area contributed by atoms with Crippen LogP contribution in [0.5, 0.6) is 5.75 Å². The minimum absolute atomic E-state index is 0.00963. The summed E-state index contributed by atoms with van der Waals surface area (Å²) in [5, 5.41) is 0.692. The Labute approximate surface area is 131 Å². The van der Waals surface area contributed by atoms with Crippen LogP contribution in [0.4, 0.5) is 0 Å². The molecule has 1 aromatic carbocycles. The van der Waals surface area contributed by atoms with E-state index >= 15 is 0 Å². The fraction of sp³-hybridized carbons (Fsp3) is 0.562. The average Bonchev–Trinajstić information content (AvgIpc) is 2.41. The van der Waals surface area contributed by atoms with Gasteiger partial charge in [0, 0.05) is 18.1 Å². The normalized spacial score (nSPS) is 23.8. The molecule has 21 heavy (non-hydrogen) atoms. The Kier molecular flexibility index (Phi) is 5.12. The number of ether oxygens (including phenoxy) is 2. The number of rotatable bonds is 3. The second-order valence-electron chi connectivity index (χ2n) is 5.67. The second-order valence-corrected chi connectivity index (χ2v) is 6.08. The van der Waals surface area contributed by atoms with E-state index in [1.54, 1.807) is 19.1 Å². The standard InChI is InChI=1S/C16H22ClNO3/c1-10-7-14(5-6-15(10)17)21-13(4)16(19)18-8-11(2)20-12(3)9-18/h5-7,11-13H,8-9H2,1-4H3/t11-,12-,13-/m0/s1. The molecule has 5 heteroatoms. The Hall–Kier alpha value is -1.26. The van der Waals surface area contributed by atoms with Crippen molar-refractivity contribution in [1.82, 2.24) is 4.90 Å². The molecule has 0 aromatic heterocycles. The van der Waals surface area contributed by atoms with Crippen molar-refractivity contribution < 1.29 is 14.3 Å². The number of benzene rings is 1. The summed E-state index contributed by atoms with van der Waals surface area (Å²) >= 11 is 5.99. The molecule has 1 heterocycles. The number of carbonyl (C=O) groups excluding carboxylic acids is 1. The first-order valence-electron chi connectivity index (χ1n) is 7.24. The van der Waals surface area contributed by atoms with Gasteiger partial charge in [0.05, 0.1) is 12.2 Å². The molecule has 0 saturated carbocycles. The summed E-state index contributed by atoms with van der Waals surface area (Å²) in [5.74, 6) is 0.650. The lowest BCUT2D eigenvalue weighted by atomic mass is 10.2. The summed E-state index contributed by atoms with van der Waals surface area (Å²) in [4.78, 5) is 14.3. The van der Waals surface area contributed by atoms with Crippen LogP contribution in [-0.2, 0) is 9.53 Å². The summed E-state index contributed by atoms with van der Waals surface area (Å²) in [6, 6.07) is 5.41. The first-order chi connectivity index (χ1) is 9.86. The molecule has 1 aliphatic rings. The van der Waals surface area contributed by atoms with Gasteiger partial charge >= 0.3 is 0 Å². The molecule has 0 unspecified atom stereocenters. The summed E-state index contributed by atoms with van der Waals surface area (Å²) in [5.41, 5.74) is 0.933. The van der Waals surface area contributed by atoms with E-state index in [0.29, 0.717) is 23.9 Å². The number of hydrogen-bond acceptors (Lipinski definition) is 3. The van der Waals surface area contributed by atoms with Crippen LogP contribution >= 0.6 is 11.6 Å². The van der Waals surface area contributed by atoms with Crippen molar-refractivity contribution in [3.8, 4) is 5.75 Å². The molecule has 116 valence electrons. The number of morpholine rings is 1. The highest BCUT2D eigenvalue weighted by Crippen LogP contribution is 2.22. The van der Waals surface area contributed by atoms with Gasteiger partial charge in [-0.25, -0.2) is 0 Å². The molecular formula is C16H22ClNO3. The van der Waals surface area contributed by atoms with Gasteiger partial charge in [0.1, 0.15) is 5.75 Å². The maximum absolute atomic E-state index is 12.5. The molecule has 0 aliphatic carbocycles. The number of amides is 1.